The third-order valence-electron chi connectivity index (χ3n) is 4.12. The fraction of sp³-hybridized carbons (Fsp3) is 0.529. The van der Waals surface area contributed by atoms with Gasteiger partial charge in [0.05, 0.1) is 20.0 Å². The van der Waals surface area contributed by atoms with E-state index in [2.05, 4.69) is 4.90 Å². The molecule has 126 valence electrons. The Labute approximate surface area is 136 Å². The molecule has 1 N–H and O–H groups in total. The molecule has 6 nitrogen and oxygen atoms in total. The molecule has 0 aliphatic carbocycles. The van der Waals surface area contributed by atoms with E-state index in [0.29, 0.717) is 19.5 Å². The van der Waals surface area contributed by atoms with Gasteiger partial charge in [0.25, 0.3) is 0 Å². The van der Waals surface area contributed by atoms with Crippen LogP contribution in [0.1, 0.15) is 18.4 Å². The fourth-order valence-electron chi connectivity index (χ4n) is 2.82. The number of carboxylic acid groups (broad SMARTS) is 1. The summed E-state index contributed by atoms with van der Waals surface area (Å²) in [5, 5.41) is 8.77. The van der Waals surface area contributed by atoms with Crippen molar-refractivity contribution >= 4 is 11.9 Å². The summed E-state index contributed by atoms with van der Waals surface area (Å²) in [4.78, 5) is 27.2. The van der Waals surface area contributed by atoms with Gasteiger partial charge in [-0.25, -0.2) is 0 Å². The lowest BCUT2D eigenvalue weighted by Crippen LogP contribution is -2.36. The van der Waals surface area contributed by atoms with Gasteiger partial charge in [0.1, 0.15) is 5.75 Å². The van der Waals surface area contributed by atoms with Crippen LogP contribution in [-0.4, -0.2) is 66.6 Å². The molecule has 23 heavy (non-hydrogen) atoms. The molecule has 6 heteroatoms. The third-order valence-corrected chi connectivity index (χ3v) is 4.12. The van der Waals surface area contributed by atoms with Crippen LogP contribution in [0.25, 0.3) is 0 Å². The Morgan fingerprint density at radius 1 is 1.17 bits per heavy atom. The van der Waals surface area contributed by atoms with Crippen molar-refractivity contribution in [2.24, 2.45) is 0 Å². The van der Waals surface area contributed by atoms with E-state index >= 15 is 0 Å². The minimum Gasteiger partial charge on any atom is -0.496 e. The zero-order valence-corrected chi connectivity index (χ0v) is 13.5. The quantitative estimate of drug-likeness (QED) is 0.854. The van der Waals surface area contributed by atoms with Gasteiger partial charge in [-0.15, -0.1) is 0 Å². The lowest BCUT2D eigenvalue weighted by atomic mass is 10.1. The molecule has 2 rings (SSSR count). The maximum Gasteiger partial charge on any atom is 0.304 e. The number of para-hydroxylation sites is 1. The highest BCUT2D eigenvalue weighted by Crippen LogP contribution is 2.19. The van der Waals surface area contributed by atoms with E-state index in [4.69, 9.17) is 9.84 Å². The van der Waals surface area contributed by atoms with Gasteiger partial charge in [0.2, 0.25) is 5.91 Å². The van der Waals surface area contributed by atoms with Crippen molar-refractivity contribution in [3.63, 3.8) is 0 Å². The fourth-order valence-corrected chi connectivity index (χ4v) is 2.82. The second-order valence-corrected chi connectivity index (χ2v) is 5.71. The first-order valence-corrected chi connectivity index (χ1v) is 7.94. The number of aliphatic carboxylic acids is 1. The molecule has 0 radical (unpaired) electrons. The van der Waals surface area contributed by atoms with Crippen molar-refractivity contribution in [3.8, 4) is 5.75 Å². The van der Waals surface area contributed by atoms with Crippen LogP contribution in [-0.2, 0) is 16.0 Å². The molecule has 0 unspecified atom stereocenters. The number of hydrogen-bond acceptors (Lipinski definition) is 4. The molecule has 1 aliphatic heterocycles. The van der Waals surface area contributed by atoms with Gasteiger partial charge < -0.3 is 19.6 Å². The number of benzene rings is 1. The van der Waals surface area contributed by atoms with Gasteiger partial charge in [-0.1, -0.05) is 18.2 Å². The standard InChI is InChI=1S/C17H24N2O4/c1-23-15-6-3-2-5-14(15)13-16(20)19-9-4-8-18(11-12-19)10-7-17(21)22/h2-3,5-6H,4,7-13H2,1H3,(H,21,22). The highest BCUT2D eigenvalue weighted by Gasteiger charge is 2.20. The Kier molecular flexibility index (Phi) is 6.40. The third kappa shape index (κ3) is 5.25. The largest absolute Gasteiger partial charge is 0.496 e. The minimum atomic E-state index is -0.779. The van der Waals surface area contributed by atoms with E-state index in [0.717, 1.165) is 37.4 Å². The summed E-state index contributed by atoms with van der Waals surface area (Å²) in [6, 6.07) is 7.56. The molecule has 1 amide bonds. The predicted octanol–water partition coefficient (Wildman–Crippen LogP) is 1.25. The van der Waals surface area contributed by atoms with E-state index in [1.807, 2.05) is 29.2 Å². The monoisotopic (exact) mass is 320 g/mol. The van der Waals surface area contributed by atoms with Gasteiger partial charge in [-0.05, 0) is 19.0 Å². The van der Waals surface area contributed by atoms with Crippen LogP contribution < -0.4 is 4.74 Å². The first-order chi connectivity index (χ1) is 11.1. The second-order valence-electron chi connectivity index (χ2n) is 5.71. The Morgan fingerprint density at radius 2 is 1.96 bits per heavy atom. The number of nitrogens with zero attached hydrogens (tertiary/aromatic N) is 2. The minimum absolute atomic E-state index is 0.0922. The molecule has 0 atom stereocenters. The summed E-state index contributed by atoms with van der Waals surface area (Å²) in [5.74, 6) is 0.0479. The van der Waals surface area contributed by atoms with Crippen molar-refractivity contribution in [3.05, 3.63) is 29.8 Å². The number of carbonyl (C=O) groups is 2. The first kappa shape index (κ1) is 17.3. The molecule has 1 aliphatic rings. The van der Waals surface area contributed by atoms with Crippen molar-refractivity contribution in [1.82, 2.24) is 9.80 Å². The number of rotatable bonds is 6. The van der Waals surface area contributed by atoms with Gasteiger partial charge in [0, 0.05) is 31.7 Å². The lowest BCUT2D eigenvalue weighted by Gasteiger charge is -2.22. The normalized spacial score (nSPS) is 16.0. The van der Waals surface area contributed by atoms with Crippen LogP contribution >= 0.6 is 0 Å². The number of amides is 1. The highest BCUT2D eigenvalue weighted by molar-refractivity contribution is 5.79. The van der Waals surface area contributed by atoms with Crippen molar-refractivity contribution < 1.29 is 19.4 Å². The van der Waals surface area contributed by atoms with Gasteiger partial charge >= 0.3 is 5.97 Å². The maximum absolute atomic E-state index is 12.5. The van der Waals surface area contributed by atoms with Crippen molar-refractivity contribution in [1.29, 1.82) is 0 Å². The molecule has 1 fully saturated rings. The van der Waals surface area contributed by atoms with Crippen molar-refractivity contribution in [2.75, 3.05) is 39.8 Å². The smallest absolute Gasteiger partial charge is 0.304 e. The Bertz CT molecular complexity index is 547. The van der Waals surface area contributed by atoms with E-state index < -0.39 is 5.97 Å². The van der Waals surface area contributed by atoms with E-state index in [1.54, 1.807) is 7.11 Å². The van der Waals surface area contributed by atoms with Gasteiger partial charge in [-0.3, -0.25) is 9.59 Å². The van der Waals surface area contributed by atoms with Gasteiger partial charge in [-0.2, -0.15) is 0 Å². The molecule has 0 spiro atoms. The summed E-state index contributed by atoms with van der Waals surface area (Å²) in [6.07, 6.45) is 1.35. The Morgan fingerprint density at radius 3 is 2.70 bits per heavy atom. The highest BCUT2D eigenvalue weighted by atomic mass is 16.5. The number of hydrogen-bond donors (Lipinski definition) is 1. The molecule has 0 saturated carbocycles. The van der Waals surface area contributed by atoms with E-state index in [-0.39, 0.29) is 12.3 Å². The molecular weight excluding hydrogens is 296 g/mol. The topological polar surface area (TPSA) is 70.1 Å². The number of ether oxygens (including phenoxy) is 1. The van der Waals surface area contributed by atoms with Crippen LogP contribution in [0.4, 0.5) is 0 Å². The summed E-state index contributed by atoms with van der Waals surface area (Å²) < 4.78 is 5.30. The second kappa shape index (κ2) is 8.53. The number of methoxy groups -OCH3 is 1. The number of carboxylic acids is 1. The molecule has 1 saturated heterocycles. The van der Waals surface area contributed by atoms with Crippen LogP contribution in [0, 0.1) is 0 Å². The van der Waals surface area contributed by atoms with Gasteiger partial charge in [0.15, 0.2) is 0 Å². The average molecular weight is 320 g/mol. The zero-order chi connectivity index (χ0) is 16.7. The Hall–Kier alpha value is -2.08. The van der Waals surface area contributed by atoms with E-state index in [9.17, 15) is 9.59 Å². The molecular formula is C17H24N2O4. The molecule has 0 bridgehead atoms. The van der Waals surface area contributed by atoms with Crippen LogP contribution in [0.5, 0.6) is 5.75 Å². The molecule has 1 aromatic rings. The van der Waals surface area contributed by atoms with Crippen LogP contribution in [0.3, 0.4) is 0 Å². The SMILES string of the molecule is COc1ccccc1CC(=O)N1CCCN(CCC(=O)O)CC1. The van der Waals surface area contributed by atoms with Crippen LogP contribution in [0.15, 0.2) is 24.3 Å². The van der Waals surface area contributed by atoms with Crippen molar-refractivity contribution in [2.45, 2.75) is 19.3 Å². The summed E-state index contributed by atoms with van der Waals surface area (Å²) >= 11 is 0. The molecule has 1 aromatic carbocycles. The average Bonchev–Trinajstić information content (AvgIpc) is 2.79. The summed E-state index contributed by atoms with van der Waals surface area (Å²) in [6.45, 7) is 3.48. The number of carbonyl (C=O) groups excluding carboxylic acids is 1. The lowest BCUT2D eigenvalue weighted by molar-refractivity contribution is -0.137. The maximum atomic E-state index is 12.5. The first-order valence-electron chi connectivity index (χ1n) is 7.94. The molecule has 0 aromatic heterocycles. The zero-order valence-electron chi connectivity index (χ0n) is 13.5. The Balaban J connectivity index is 1.89. The predicted molar refractivity (Wildman–Crippen MR) is 86.6 cm³/mol. The summed E-state index contributed by atoms with van der Waals surface area (Å²) in [7, 11) is 1.61. The van der Waals surface area contributed by atoms with E-state index in [1.165, 1.54) is 0 Å². The summed E-state index contributed by atoms with van der Waals surface area (Å²) in [5.41, 5.74) is 0.895. The molecule has 1 heterocycles. The van der Waals surface area contributed by atoms with Crippen LogP contribution in [0.2, 0.25) is 0 Å².